The number of hydrogen-bond donors (Lipinski definition) is 0. The number of imidazole rings is 1. The van der Waals surface area contributed by atoms with E-state index in [2.05, 4.69) is 15.9 Å². The molecule has 2 aromatic carbocycles. The number of piperidine rings is 2. The molecule has 0 saturated carbocycles. The molecule has 0 amide bonds. The monoisotopic (exact) mass is 552 g/mol. The smallest absolute Gasteiger partial charge is 0.175 e. The molecule has 3 aromatic rings. The summed E-state index contributed by atoms with van der Waals surface area (Å²) >= 11 is 0. The number of fused-ring (bicyclic) bond motifs is 3. The third-order valence-corrected chi connectivity index (χ3v) is 10.9. The van der Waals surface area contributed by atoms with Crippen LogP contribution in [-0.2, 0) is 21.6 Å². The number of sulfone groups is 1. The van der Waals surface area contributed by atoms with E-state index in [1.807, 2.05) is 7.05 Å². The number of likely N-dealkylation sites (tertiary alicyclic amines) is 1. The third kappa shape index (κ3) is 4.51. The number of aryl methyl sites for hydroxylation is 1. The highest BCUT2D eigenvalue weighted by atomic mass is 32.2. The number of hydrogen-bond acceptors (Lipinski definition) is 6. The second kappa shape index (κ2) is 9.65. The highest BCUT2D eigenvalue weighted by molar-refractivity contribution is 7.90. The van der Waals surface area contributed by atoms with Crippen LogP contribution in [0.2, 0.25) is 0 Å². The average Bonchev–Trinajstić information content (AvgIpc) is 3.34. The molecule has 4 aliphatic heterocycles. The molecular weight excluding hydrogens is 515 g/mol. The zero-order valence-corrected chi connectivity index (χ0v) is 23.5. The van der Waals surface area contributed by atoms with Crippen molar-refractivity contribution in [1.82, 2.24) is 19.4 Å². The predicted molar refractivity (Wildman–Crippen MR) is 149 cm³/mol. The van der Waals surface area contributed by atoms with Gasteiger partial charge < -0.3 is 14.2 Å². The van der Waals surface area contributed by atoms with E-state index in [1.54, 1.807) is 34.9 Å². The number of ether oxygens (including phenoxy) is 1. The molecule has 0 spiro atoms. The summed E-state index contributed by atoms with van der Waals surface area (Å²) in [5.41, 5.74) is 2.94. The van der Waals surface area contributed by atoms with E-state index in [0.717, 1.165) is 62.4 Å². The molecule has 2 unspecified atom stereocenters. The molecule has 4 aliphatic rings. The summed E-state index contributed by atoms with van der Waals surface area (Å²) in [5, 5.41) is 0. The second-order valence-electron chi connectivity index (χ2n) is 12.1. The van der Waals surface area contributed by atoms with Gasteiger partial charge in [-0.05, 0) is 99.5 Å². The normalized spacial score (nSPS) is 27.3. The summed E-state index contributed by atoms with van der Waals surface area (Å²) in [6, 6.07) is 13.2. The molecular formula is C30H37FN4O3S. The summed E-state index contributed by atoms with van der Waals surface area (Å²) in [5.74, 6) is 0.719. The Morgan fingerprint density at radius 3 is 2.18 bits per heavy atom. The van der Waals surface area contributed by atoms with Gasteiger partial charge in [-0.1, -0.05) is 0 Å². The molecule has 7 rings (SSSR count). The van der Waals surface area contributed by atoms with Crippen molar-refractivity contribution in [1.29, 1.82) is 0 Å². The molecule has 2 bridgehead atoms. The molecule has 4 fully saturated rings. The lowest BCUT2D eigenvalue weighted by Gasteiger charge is -2.49. The van der Waals surface area contributed by atoms with Gasteiger partial charge in [0, 0.05) is 37.0 Å². The zero-order valence-electron chi connectivity index (χ0n) is 22.7. The van der Waals surface area contributed by atoms with E-state index in [0.29, 0.717) is 34.9 Å². The molecule has 39 heavy (non-hydrogen) atoms. The number of rotatable bonds is 5. The largest absolute Gasteiger partial charge is 0.378 e. The molecule has 0 aliphatic carbocycles. The van der Waals surface area contributed by atoms with Crippen molar-refractivity contribution in [3.63, 3.8) is 0 Å². The van der Waals surface area contributed by atoms with Gasteiger partial charge in [0.05, 0.1) is 29.7 Å². The minimum atomic E-state index is -3.28. The van der Waals surface area contributed by atoms with Crippen LogP contribution in [0.3, 0.4) is 0 Å². The van der Waals surface area contributed by atoms with Gasteiger partial charge >= 0.3 is 0 Å². The van der Waals surface area contributed by atoms with Crippen molar-refractivity contribution in [3.05, 3.63) is 47.8 Å². The summed E-state index contributed by atoms with van der Waals surface area (Å²) in [6.45, 7) is 3.97. The average molecular weight is 553 g/mol. The van der Waals surface area contributed by atoms with Gasteiger partial charge in [0.2, 0.25) is 0 Å². The fourth-order valence-corrected chi connectivity index (χ4v) is 8.37. The Balaban J connectivity index is 1.06. The van der Waals surface area contributed by atoms with Crippen LogP contribution in [0.15, 0.2) is 41.3 Å². The van der Waals surface area contributed by atoms with Crippen molar-refractivity contribution < 1.29 is 17.5 Å². The van der Waals surface area contributed by atoms with Crippen LogP contribution in [0.4, 0.5) is 4.39 Å². The first-order valence-electron chi connectivity index (χ1n) is 14.3. The number of nitrogens with zero attached hydrogens (tertiary/aromatic N) is 4. The van der Waals surface area contributed by atoms with E-state index in [9.17, 15) is 8.42 Å². The quantitative estimate of drug-likeness (QED) is 0.469. The number of halogens is 1. The minimum absolute atomic E-state index is 0.247. The Kier molecular flexibility index (Phi) is 6.34. The maximum atomic E-state index is 15.4. The van der Waals surface area contributed by atoms with Crippen molar-refractivity contribution in [2.75, 3.05) is 32.6 Å². The van der Waals surface area contributed by atoms with E-state index >= 15 is 4.39 Å². The molecule has 7 nitrogen and oxygen atoms in total. The van der Waals surface area contributed by atoms with Crippen LogP contribution >= 0.6 is 0 Å². The Morgan fingerprint density at radius 1 is 0.923 bits per heavy atom. The van der Waals surface area contributed by atoms with Crippen LogP contribution in [-0.4, -0.2) is 84.5 Å². The van der Waals surface area contributed by atoms with Crippen molar-refractivity contribution in [3.8, 4) is 11.4 Å². The van der Waals surface area contributed by atoms with Crippen molar-refractivity contribution >= 4 is 20.9 Å². The Bertz CT molecular complexity index is 1480. The lowest BCUT2D eigenvalue weighted by Crippen LogP contribution is -2.59. The Labute approximate surface area is 229 Å². The Morgan fingerprint density at radius 2 is 1.59 bits per heavy atom. The van der Waals surface area contributed by atoms with Gasteiger partial charge in [-0.25, -0.2) is 17.8 Å². The molecule has 4 saturated heterocycles. The molecule has 9 heteroatoms. The predicted octanol–water partition coefficient (Wildman–Crippen LogP) is 4.36. The third-order valence-electron chi connectivity index (χ3n) is 9.81. The van der Waals surface area contributed by atoms with Gasteiger partial charge in [-0.2, -0.15) is 0 Å². The first-order chi connectivity index (χ1) is 18.8. The summed E-state index contributed by atoms with van der Waals surface area (Å²) < 4.78 is 46.4. The van der Waals surface area contributed by atoms with Gasteiger partial charge in [-0.15, -0.1) is 0 Å². The fraction of sp³-hybridized carbons (Fsp3) is 0.567. The van der Waals surface area contributed by atoms with E-state index in [-0.39, 0.29) is 10.7 Å². The van der Waals surface area contributed by atoms with Gasteiger partial charge in [-0.3, -0.25) is 4.90 Å². The number of benzene rings is 2. The standard InChI is InChI=1S/C30H37FN4O3S/c1-33-29-27(31)13-21(14-28(29)32-30(33)20-3-7-26(8-4-20)39(2,36)37)19-9-11-34(12-10-19)24-15-22-5-6-23(16-24)35(22)25-17-38-18-25/h3-4,7-8,13-14,19,22-25H,5-6,9-12,15-18H2,1-2H3. The molecule has 0 N–H and O–H groups in total. The van der Waals surface area contributed by atoms with E-state index in [4.69, 9.17) is 9.72 Å². The van der Waals surface area contributed by atoms with Gasteiger partial charge in [0.1, 0.15) is 17.2 Å². The van der Waals surface area contributed by atoms with Gasteiger partial charge in [0.15, 0.2) is 9.84 Å². The van der Waals surface area contributed by atoms with Crippen molar-refractivity contribution in [2.45, 2.75) is 73.5 Å². The first-order valence-corrected chi connectivity index (χ1v) is 16.2. The van der Waals surface area contributed by atoms with Crippen molar-refractivity contribution in [2.24, 2.45) is 7.05 Å². The van der Waals surface area contributed by atoms with Crippen LogP contribution in [0.5, 0.6) is 0 Å². The minimum Gasteiger partial charge on any atom is -0.378 e. The van der Waals surface area contributed by atoms with Crippen LogP contribution < -0.4 is 0 Å². The van der Waals surface area contributed by atoms with Crippen LogP contribution in [0.1, 0.15) is 50.0 Å². The van der Waals surface area contributed by atoms with E-state index < -0.39 is 9.84 Å². The maximum absolute atomic E-state index is 15.4. The lowest BCUT2D eigenvalue weighted by atomic mass is 9.86. The lowest BCUT2D eigenvalue weighted by molar-refractivity contribution is -0.100. The van der Waals surface area contributed by atoms with Gasteiger partial charge in [0.25, 0.3) is 0 Å². The maximum Gasteiger partial charge on any atom is 0.175 e. The van der Waals surface area contributed by atoms with E-state index in [1.165, 1.54) is 31.9 Å². The topological polar surface area (TPSA) is 67.7 Å². The number of aromatic nitrogens is 2. The molecule has 1 aromatic heterocycles. The summed E-state index contributed by atoms with van der Waals surface area (Å²) in [7, 11) is -1.46. The second-order valence-corrected chi connectivity index (χ2v) is 14.1. The highest BCUT2D eigenvalue weighted by Gasteiger charge is 2.47. The summed E-state index contributed by atoms with van der Waals surface area (Å²) in [6.07, 6.45) is 8.51. The molecule has 2 atom stereocenters. The fourth-order valence-electron chi connectivity index (χ4n) is 7.73. The Hall–Kier alpha value is -2.33. The zero-order chi connectivity index (χ0) is 26.9. The first kappa shape index (κ1) is 25.6. The highest BCUT2D eigenvalue weighted by Crippen LogP contribution is 2.42. The summed E-state index contributed by atoms with van der Waals surface area (Å²) in [4.78, 5) is 10.5. The van der Waals surface area contributed by atoms with Crippen LogP contribution in [0.25, 0.3) is 22.4 Å². The molecule has 0 radical (unpaired) electrons. The van der Waals surface area contributed by atoms with Crippen LogP contribution in [0, 0.1) is 5.82 Å². The SMILES string of the molecule is Cn1c(-c2ccc(S(C)(=O)=O)cc2)nc2cc(C3CCN(C4CC5CCC(C4)N5C4COC4)CC3)cc(F)c21. The molecule has 5 heterocycles. The molecule has 208 valence electrons.